The molecule has 260 valence electrons. The van der Waals surface area contributed by atoms with Gasteiger partial charge in [-0.2, -0.15) is 8.42 Å². The van der Waals surface area contributed by atoms with E-state index < -0.39 is 58.1 Å². The van der Waals surface area contributed by atoms with Crippen LogP contribution in [0.1, 0.15) is 96.3 Å². The third-order valence-corrected chi connectivity index (χ3v) is 13.9. The highest BCUT2D eigenvalue weighted by atomic mass is 32.2. The lowest BCUT2D eigenvalue weighted by Gasteiger charge is -2.62. The van der Waals surface area contributed by atoms with Gasteiger partial charge in [0.2, 0.25) is 0 Å². The Morgan fingerprint density at radius 1 is 0.851 bits per heavy atom. The molecule has 4 fully saturated rings. The van der Waals surface area contributed by atoms with Crippen molar-refractivity contribution < 1.29 is 46.0 Å². The Kier molecular flexibility index (Phi) is 9.76. The van der Waals surface area contributed by atoms with Crippen molar-refractivity contribution >= 4 is 33.8 Å². The van der Waals surface area contributed by atoms with Gasteiger partial charge >= 0.3 is 17.9 Å². The molecule has 4 aliphatic carbocycles. The van der Waals surface area contributed by atoms with Crippen molar-refractivity contribution in [3.05, 3.63) is 28.8 Å². The molecule has 0 spiro atoms. The van der Waals surface area contributed by atoms with E-state index in [1.54, 1.807) is 13.8 Å². The molecule has 0 unspecified atom stereocenters. The lowest BCUT2D eigenvalue weighted by molar-refractivity contribution is -0.201. The van der Waals surface area contributed by atoms with Crippen LogP contribution in [0.5, 0.6) is 0 Å². The zero-order valence-electron chi connectivity index (χ0n) is 28.9. The SMILES string of the molecule is CC(=O)OCC(=O)[C@H]1C[C@H](OS(=O)(=O)c2c(C)cc(C)cc2C)[C@H]2[C@@H]3CC[C@@H]4C[C@@H](OC(C)=O)CC[C@]4(C)[C@H]3C[C@@H](OC(C)=O)[C@@]21C. The minimum absolute atomic E-state index is 0.00901. The number of fused-ring (bicyclic) bond motifs is 5. The second kappa shape index (κ2) is 12.9. The number of aryl methyl sites for hydroxylation is 3. The van der Waals surface area contributed by atoms with Crippen LogP contribution in [0.4, 0.5) is 0 Å². The summed E-state index contributed by atoms with van der Waals surface area (Å²) in [5.41, 5.74) is 0.980. The summed E-state index contributed by atoms with van der Waals surface area (Å²) in [7, 11) is -4.26. The molecule has 0 amide bonds. The van der Waals surface area contributed by atoms with E-state index in [0.29, 0.717) is 17.5 Å². The standard InChI is InChI=1S/C36H50O10S/c1-19-13-20(2)34(21(3)14-19)47(41,42)46-31-16-29(30(40)18-43-22(4)37)36(8)32(45-24(6)39)17-28-27(33(31)36)10-9-25-15-26(44-23(5)38)11-12-35(25,28)7/h13-14,25-29,31-33H,9-12,15-18H2,1-8H3/t25-,26+,27-,28+,29-,31+,32-,33-,35+,36+/m1/s1. The van der Waals surface area contributed by atoms with Gasteiger partial charge in [-0.25, -0.2) is 0 Å². The summed E-state index contributed by atoms with van der Waals surface area (Å²) in [4.78, 5) is 50.1. The molecular formula is C36H50O10S. The normalized spacial score (nSPS) is 36.3. The van der Waals surface area contributed by atoms with Crippen LogP contribution in [-0.4, -0.2) is 57.0 Å². The molecule has 11 heteroatoms. The number of rotatable bonds is 8. The maximum atomic E-state index is 14.1. The maximum Gasteiger partial charge on any atom is 0.303 e. The molecule has 0 radical (unpaired) electrons. The number of ether oxygens (including phenoxy) is 3. The maximum absolute atomic E-state index is 14.1. The lowest BCUT2D eigenvalue weighted by Crippen LogP contribution is -2.61. The highest BCUT2D eigenvalue weighted by molar-refractivity contribution is 7.86. The fourth-order valence-corrected chi connectivity index (χ4v) is 12.1. The molecule has 1 aromatic rings. The predicted octanol–water partition coefficient (Wildman–Crippen LogP) is 5.56. The van der Waals surface area contributed by atoms with Crippen molar-refractivity contribution in [2.24, 2.45) is 40.4 Å². The highest BCUT2D eigenvalue weighted by Gasteiger charge is 2.69. The Balaban J connectivity index is 1.58. The molecule has 0 N–H and O–H groups in total. The van der Waals surface area contributed by atoms with Crippen LogP contribution >= 0.6 is 0 Å². The van der Waals surface area contributed by atoms with Crippen molar-refractivity contribution in [1.29, 1.82) is 0 Å². The highest BCUT2D eigenvalue weighted by Crippen LogP contribution is 2.68. The largest absolute Gasteiger partial charge is 0.463 e. The average Bonchev–Trinajstić information content (AvgIpc) is 3.23. The Bertz CT molecular complexity index is 1530. The molecule has 4 saturated carbocycles. The molecule has 5 rings (SSSR count). The molecular weight excluding hydrogens is 624 g/mol. The quantitative estimate of drug-likeness (QED) is 0.196. The molecule has 0 bridgehead atoms. The van der Waals surface area contributed by atoms with Gasteiger partial charge in [-0.1, -0.05) is 31.5 Å². The Morgan fingerprint density at radius 2 is 1.49 bits per heavy atom. The summed E-state index contributed by atoms with van der Waals surface area (Å²) in [6.07, 6.45) is 2.86. The first-order valence-electron chi connectivity index (χ1n) is 16.9. The summed E-state index contributed by atoms with van der Waals surface area (Å²) in [6.45, 7) is 13.2. The summed E-state index contributed by atoms with van der Waals surface area (Å²) in [5, 5.41) is 0. The zero-order chi connectivity index (χ0) is 34.6. The van der Waals surface area contributed by atoms with Crippen LogP contribution in [0.2, 0.25) is 0 Å². The topological polar surface area (TPSA) is 139 Å². The van der Waals surface area contributed by atoms with Gasteiger partial charge in [-0.15, -0.1) is 0 Å². The third kappa shape index (κ3) is 6.51. The molecule has 47 heavy (non-hydrogen) atoms. The Morgan fingerprint density at radius 3 is 2.09 bits per heavy atom. The third-order valence-electron chi connectivity index (χ3n) is 12.2. The molecule has 10 nitrogen and oxygen atoms in total. The van der Waals surface area contributed by atoms with Crippen LogP contribution in [-0.2, 0) is 47.7 Å². The fourth-order valence-electron chi connectivity index (χ4n) is 10.5. The van der Waals surface area contributed by atoms with Gasteiger partial charge in [-0.05, 0) is 106 Å². The van der Waals surface area contributed by atoms with Gasteiger partial charge in [0.05, 0.1) is 11.0 Å². The lowest BCUT2D eigenvalue weighted by atomic mass is 9.43. The van der Waals surface area contributed by atoms with Crippen LogP contribution in [0.15, 0.2) is 17.0 Å². The van der Waals surface area contributed by atoms with Crippen LogP contribution in [0, 0.1) is 61.2 Å². The number of hydrogen-bond acceptors (Lipinski definition) is 10. The van der Waals surface area contributed by atoms with Crippen molar-refractivity contribution in [1.82, 2.24) is 0 Å². The van der Waals surface area contributed by atoms with Crippen LogP contribution in [0.3, 0.4) is 0 Å². The Hall–Kier alpha value is -2.79. The van der Waals surface area contributed by atoms with Crippen LogP contribution < -0.4 is 0 Å². The first-order valence-corrected chi connectivity index (χ1v) is 18.3. The van der Waals surface area contributed by atoms with E-state index in [0.717, 1.165) is 37.7 Å². The number of hydrogen-bond donors (Lipinski definition) is 0. The number of benzene rings is 1. The van der Waals surface area contributed by atoms with Gasteiger partial charge in [-0.3, -0.25) is 23.4 Å². The summed E-state index contributed by atoms with van der Waals surface area (Å²) < 4.78 is 51.4. The van der Waals surface area contributed by atoms with Crippen molar-refractivity contribution in [3.8, 4) is 0 Å². The van der Waals surface area contributed by atoms with Crippen molar-refractivity contribution in [2.45, 2.75) is 124 Å². The van der Waals surface area contributed by atoms with E-state index in [4.69, 9.17) is 18.4 Å². The number of Topliss-reactive ketones (excluding diaryl/α,β-unsaturated/α-hetero) is 1. The van der Waals surface area contributed by atoms with E-state index >= 15 is 0 Å². The van der Waals surface area contributed by atoms with E-state index in [1.165, 1.54) is 20.8 Å². The molecule has 0 aromatic heterocycles. The van der Waals surface area contributed by atoms with E-state index in [2.05, 4.69) is 6.92 Å². The van der Waals surface area contributed by atoms with E-state index in [1.807, 2.05) is 26.0 Å². The van der Waals surface area contributed by atoms with Gasteiger partial charge < -0.3 is 14.2 Å². The summed E-state index contributed by atoms with van der Waals surface area (Å²) in [5.74, 6) is -2.56. The van der Waals surface area contributed by atoms with Gasteiger partial charge in [0.15, 0.2) is 5.78 Å². The zero-order valence-corrected chi connectivity index (χ0v) is 29.7. The Labute approximate surface area is 278 Å². The van der Waals surface area contributed by atoms with Crippen molar-refractivity contribution in [3.63, 3.8) is 0 Å². The average molecular weight is 675 g/mol. The minimum atomic E-state index is -4.26. The number of carbonyl (C=O) groups excluding carboxylic acids is 4. The molecule has 4 aliphatic rings. The van der Waals surface area contributed by atoms with Gasteiger partial charge in [0, 0.05) is 32.1 Å². The summed E-state index contributed by atoms with van der Waals surface area (Å²) in [6, 6.07) is 3.63. The molecule has 0 saturated heterocycles. The van der Waals surface area contributed by atoms with Gasteiger partial charge in [0.1, 0.15) is 18.8 Å². The number of carbonyl (C=O) groups is 4. The first-order chi connectivity index (χ1) is 21.9. The predicted molar refractivity (Wildman–Crippen MR) is 171 cm³/mol. The van der Waals surface area contributed by atoms with Gasteiger partial charge in [0.25, 0.3) is 10.1 Å². The van der Waals surface area contributed by atoms with E-state index in [9.17, 15) is 27.6 Å². The minimum Gasteiger partial charge on any atom is -0.463 e. The first kappa shape index (κ1) is 35.5. The second-order valence-electron chi connectivity index (χ2n) is 15.1. The number of ketones is 1. The molecule has 0 heterocycles. The molecule has 1 aromatic carbocycles. The molecule has 10 atom stereocenters. The second-order valence-corrected chi connectivity index (χ2v) is 16.6. The van der Waals surface area contributed by atoms with Crippen LogP contribution in [0.25, 0.3) is 0 Å². The van der Waals surface area contributed by atoms with Crippen molar-refractivity contribution in [2.75, 3.05) is 6.61 Å². The smallest absolute Gasteiger partial charge is 0.303 e. The van der Waals surface area contributed by atoms with E-state index in [-0.39, 0.29) is 52.3 Å². The summed E-state index contributed by atoms with van der Waals surface area (Å²) >= 11 is 0. The molecule has 0 aliphatic heterocycles. The number of esters is 3. The fraction of sp³-hybridized carbons (Fsp3) is 0.722. The monoisotopic (exact) mass is 674 g/mol.